The average Bonchev–Trinajstić information content (AvgIpc) is 2.62. The summed E-state index contributed by atoms with van der Waals surface area (Å²) < 4.78 is 1.03. The van der Waals surface area contributed by atoms with Crippen LogP contribution in [-0.2, 0) is 0 Å². The summed E-state index contributed by atoms with van der Waals surface area (Å²) in [4.78, 5) is 0. The Labute approximate surface area is 93.0 Å². The third kappa shape index (κ3) is 2.21. The SMILES string of the molecule is Nc1cc(Br)ccc1NC1CCCC1. The fraction of sp³-hybridized carbons (Fsp3) is 0.455. The van der Waals surface area contributed by atoms with Crippen molar-refractivity contribution in [3.8, 4) is 0 Å². The molecular formula is C11H15BrN2. The summed E-state index contributed by atoms with van der Waals surface area (Å²) in [5.74, 6) is 0. The molecule has 0 aromatic heterocycles. The van der Waals surface area contributed by atoms with E-state index in [1.54, 1.807) is 0 Å². The molecule has 2 rings (SSSR count). The molecule has 0 spiro atoms. The predicted octanol–water partition coefficient (Wildman–Crippen LogP) is 3.39. The molecule has 2 nitrogen and oxygen atoms in total. The van der Waals surface area contributed by atoms with Crippen LogP contribution in [0.3, 0.4) is 0 Å². The first-order valence-corrected chi connectivity index (χ1v) is 5.86. The number of nitrogens with two attached hydrogens (primary N) is 1. The monoisotopic (exact) mass is 254 g/mol. The molecule has 0 bridgehead atoms. The second-order valence-electron chi connectivity index (χ2n) is 3.86. The highest BCUT2D eigenvalue weighted by atomic mass is 79.9. The quantitative estimate of drug-likeness (QED) is 0.795. The lowest BCUT2D eigenvalue weighted by Crippen LogP contribution is -2.15. The van der Waals surface area contributed by atoms with E-state index in [4.69, 9.17) is 5.73 Å². The maximum atomic E-state index is 5.91. The molecule has 0 heterocycles. The minimum atomic E-state index is 0.624. The highest BCUT2D eigenvalue weighted by molar-refractivity contribution is 9.10. The molecule has 3 N–H and O–H groups in total. The number of halogens is 1. The second kappa shape index (κ2) is 4.22. The molecule has 0 unspecified atom stereocenters. The van der Waals surface area contributed by atoms with Crippen LogP contribution in [0.2, 0.25) is 0 Å². The number of hydrogen-bond acceptors (Lipinski definition) is 2. The van der Waals surface area contributed by atoms with E-state index in [9.17, 15) is 0 Å². The summed E-state index contributed by atoms with van der Waals surface area (Å²) in [5, 5.41) is 3.49. The summed E-state index contributed by atoms with van der Waals surface area (Å²) in [6.07, 6.45) is 5.23. The van der Waals surface area contributed by atoms with Gasteiger partial charge in [-0.1, -0.05) is 28.8 Å². The van der Waals surface area contributed by atoms with Gasteiger partial charge in [-0.05, 0) is 31.0 Å². The van der Waals surface area contributed by atoms with Crippen molar-refractivity contribution in [1.29, 1.82) is 0 Å². The topological polar surface area (TPSA) is 38.0 Å². The molecule has 0 aliphatic heterocycles. The minimum Gasteiger partial charge on any atom is -0.397 e. The van der Waals surface area contributed by atoms with Gasteiger partial charge < -0.3 is 11.1 Å². The Morgan fingerprint density at radius 3 is 2.64 bits per heavy atom. The van der Waals surface area contributed by atoms with Gasteiger partial charge in [0.15, 0.2) is 0 Å². The van der Waals surface area contributed by atoms with Gasteiger partial charge in [-0.15, -0.1) is 0 Å². The van der Waals surface area contributed by atoms with Gasteiger partial charge in [0.1, 0.15) is 0 Å². The fourth-order valence-electron chi connectivity index (χ4n) is 1.96. The molecule has 1 aromatic rings. The molecule has 3 heteroatoms. The third-order valence-corrected chi connectivity index (χ3v) is 3.22. The van der Waals surface area contributed by atoms with Crippen molar-refractivity contribution in [2.24, 2.45) is 0 Å². The number of nitrogens with one attached hydrogen (secondary N) is 1. The first kappa shape index (κ1) is 9.84. The van der Waals surface area contributed by atoms with Crippen molar-refractivity contribution in [2.45, 2.75) is 31.7 Å². The van der Waals surface area contributed by atoms with Crippen molar-refractivity contribution in [2.75, 3.05) is 11.1 Å². The third-order valence-electron chi connectivity index (χ3n) is 2.73. The van der Waals surface area contributed by atoms with Crippen molar-refractivity contribution in [3.63, 3.8) is 0 Å². The number of rotatable bonds is 2. The Balaban J connectivity index is 2.08. The molecule has 0 atom stereocenters. The zero-order chi connectivity index (χ0) is 9.97. The van der Waals surface area contributed by atoms with Crippen LogP contribution in [0.5, 0.6) is 0 Å². The van der Waals surface area contributed by atoms with Crippen LogP contribution < -0.4 is 11.1 Å². The molecular weight excluding hydrogens is 240 g/mol. The van der Waals surface area contributed by atoms with E-state index in [2.05, 4.69) is 21.2 Å². The predicted molar refractivity (Wildman–Crippen MR) is 64.4 cm³/mol. The van der Waals surface area contributed by atoms with E-state index < -0.39 is 0 Å². The number of hydrogen-bond donors (Lipinski definition) is 2. The normalized spacial score (nSPS) is 17.2. The van der Waals surface area contributed by atoms with Gasteiger partial charge in [-0.25, -0.2) is 0 Å². The van der Waals surface area contributed by atoms with Crippen LogP contribution in [0, 0.1) is 0 Å². The maximum absolute atomic E-state index is 5.91. The highest BCUT2D eigenvalue weighted by Crippen LogP contribution is 2.27. The van der Waals surface area contributed by atoms with Gasteiger partial charge >= 0.3 is 0 Å². The van der Waals surface area contributed by atoms with Gasteiger partial charge in [0.2, 0.25) is 0 Å². The molecule has 76 valence electrons. The molecule has 1 aliphatic carbocycles. The summed E-state index contributed by atoms with van der Waals surface area (Å²) in [5.41, 5.74) is 7.80. The van der Waals surface area contributed by atoms with Crippen LogP contribution in [0.4, 0.5) is 11.4 Å². The van der Waals surface area contributed by atoms with E-state index in [-0.39, 0.29) is 0 Å². The molecule has 1 saturated carbocycles. The Bertz CT molecular complexity index is 319. The number of benzene rings is 1. The molecule has 1 aliphatic rings. The second-order valence-corrected chi connectivity index (χ2v) is 4.77. The summed E-state index contributed by atoms with van der Waals surface area (Å²) in [6, 6.07) is 6.63. The van der Waals surface area contributed by atoms with E-state index >= 15 is 0 Å². The molecule has 14 heavy (non-hydrogen) atoms. The van der Waals surface area contributed by atoms with E-state index in [0.717, 1.165) is 15.8 Å². The first-order chi connectivity index (χ1) is 6.75. The Hall–Kier alpha value is -0.700. The Morgan fingerprint density at radius 1 is 1.29 bits per heavy atom. The van der Waals surface area contributed by atoms with Crippen molar-refractivity contribution >= 4 is 27.3 Å². The lowest BCUT2D eigenvalue weighted by molar-refractivity contribution is 0.756. The van der Waals surface area contributed by atoms with Crippen molar-refractivity contribution in [1.82, 2.24) is 0 Å². The van der Waals surface area contributed by atoms with Gasteiger partial charge in [-0.3, -0.25) is 0 Å². The zero-order valence-corrected chi connectivity index (χ0v) is 9.68. The zero-order valence-electron chi connectivity index (χ0n) is 8.09. The van der Waals surface area contributed by atoms with E-state index in [1.165, 1.54) is 25.7 Å². The smallest absolute Gasteiger partial charge is 0.0576 e. The summed E-state index contributed by atoms with van der Waals surface area (Å²) >= 11 is 3.40. The van der Waals surface area contributed by atoms with Crippen LogP contribution in [0.25, 0.3) is 0 Å². The fourth-order valence-corrected chi connectivity index (χ4v) is 2.33. The standard InChI is InChI=1S/C11H15BrN2/c12-8-5-6-11(10(13)7-8)14-9-3-1-2-4-9/h5-7,9,14H,1-4,13H2. The molecule has 1 aromatic carbocycles. The van der Waals surface area contributed by atoms with Gasteiger partial charge in [0.05, 0.1) is 11.4 Å². The van der Waals surface area contributed by atoms with E-state index in [0.29, 0.717) is 6.04 Å². The molecule has 0 saturated heterocycles. The summed E-state index contributed by atoms with van der Waals surface area (Å²) in [6.45, 7) is 0. The number of nitrogen functional groups attached to an aromatic ring is 1. The minimum absolute atomic E-state index is 0.624. The molecule has 0 amide bonds. The Kier molecular flexibility index (Phi) is 2.96. The van der Waals surface area contributed by atoms with Crippen LogP contribution in [0.15, 0.2) is 22.7 Å². The summed E-state index contributed by atoms with van der Waals surface area (Å²) in [7, 11) is 0. The highest BCUT2D eigenvalue weighted by Gasteiger charge is 2.15. The van der Waals surface area contributed by atoms with Gasteiger partial charge in [-0.2, -0.15) is 0 Å². The van der Waals surface area contributed by atoms with Crippen LogP contribution >= 0.6 is 15.9 Å². The van der Waals surface area contributed by atoms with Gasteiger partial charge in [0, 0.05) is 10.5 Å². The van der Waals surface area contributed by atoms with E-state index in [1.807, 2.05) is 18.2 Å². The molecule has 0 radical (unpaired) electrons. The van der Waals surface area contributed by atoms with Crippen molar-refractivity contribution in [3.05, 3.63) is 22.7 Å². The van der Waals surface area contributed by atoms with Crippen LogP contribution in [0.1, 0.15) is 25.7 Å². The molecule has 1 fully saturated rings. The van der Waals surface area contributed by atoms with Gasteiger partial charge in [0.25, 0.3) is 0 Å². The van der Waals surface area contributed by atoms with Crippen LogP contribution in [-0.4, -0.2) is 6.04 Å². The van der Waals surface area contributed by atoms with Crippen molar-refractivity contribution < 1.29 is 0 Å². The Morgan fingerprint density at radius 2 is 2.00 bits per heavy atom. The average molecular weight is 255 g/mol. The first-order valence-electron chi connectivity index (χ1n) is 5.07. The lowest BCUT2D eigenvalue weighted by Gasteiger charge is -2.15. The number of anilines is 2. The largest absolute Gasteiger partial charge is 0.397 e. The lowest BCUT2D eigenvalue weighted by atomic mass is 10.2. The maximum Gasteiger partial charge on any atom is 0.0576 e.